The number of aliphatic hydroxyl groups is 1. The van der Waals surface area contributed by atoms with Crippen molar-refractivity contribution < 1.29 is 24.2 Å². The SMILES string of the molecule is CC/C=C\C/C=C\C/C=C\C/C=C\C/C=C\C/C=C\C/C=C\C/C=C\CCCCCCCCC(=O)OC(CO)COC(=O)CCCCCCCC. The molecular formula is C46H74O5. The number of esters is 2. The highest BCUT2D eigenvalue weighted by molar-refractivity contribution is 5.70. The first kappa shape index (κ1) is 47.8. The van der Waals surface area contributed by atoms with Crippen molar-refractivity contribution in [1.82, 2.24) is 0 Å². The lowest BCUT2D eigenvalue weighted by Crippen LogP contribution is -2.28. The average Bonchev–Trinajstić information content (AvgIpc) is 3.13. The summed E-state index contributed by atoms with van der Waals surface area (Å²) in [6.45, 7) is 3.92. The fourth-order valence-corrected chi connectivity index (χ4v) is 5.10. The maximum atomic E-state index is 12.1. The van der Waals surface area contributed by atoms with Crippen molar-refractivity contribution >= 4 is 11.9 Å². The molecule has 0 rings (SSSR count). The lowest BCUT2D eigenvalue weighted by Gasteiger charge is -2.15. The van der Waals surface area contributed by atoms with Crippen molar-refractivity contribution in [1.29, 1.82) is 0 Å². The number of carbonyl (C=O) groups excluding carboxylic acids is 2. The third kappa shape index (κ3) is 39.5. The second kappa shape index (κ2) is 41.2. The van der Waals surface area contributed by atoms with E-state index < -0.39 is 6.10 Å². The van der Waals surface area contributed by atoms with Crippen LogP contribution in [0, 0.1) is 0 Å². The van der Waals surface area contributed by atoms with Crippen LogP contribution < -0.4 is 0 Å². The van der Waals surface area contributed by atoms with Crippen LogP contribution in [0.2, 0.25) is 0 Å². The zero-order chi connectivity index (χ0) is 37.1. The fourth-order valence-electron chi connectivity index (χ4n) is 5.10. The molecule has 0 aromatic heterocycles. The minimum Gasteiger partial charge on any atom is -0.462 e. The molecule has 0 aliphatic rings. The van der Waals surface area contributed by atoms with Gasteiger partial charge < -0.3 is 14.6 Å². The highest BCUT2D eigenvalue weighted by Crippen LogP contribution is 2.11. The summed E-state index contributed by atoms with van der Waals surface area (Å²) in [5, 5.41) is 9.49. The Kier molecular flexibility index (Phi) is 38.7. The summed E-state index contributed by atoms with van der Waals surface area (Å²) in [7, 11) is 0. The molecule has 0 radical (unpaired) electrons. The normalized spacial score (nSPS) is 13.2. The number of ether oxygens (including phenoxy) is 2. The third-order valence-electron chi connectivity index (χ3n) is 8.14. The zero-order valence-corrected chi connectivity index (χ0v) is 32.6. The van der Waals surface area contributed by atoms with Gasteiger partial charge in [0.25, 0.3) is 0 Å². The van der Waals surface area contributed by atoms with Gasteiger partial charge in [-0.05, 0) is 77.0 Å². The average molecular weight is 707 g/mol. The first-order chi connectivity index (χ1) is 25.1. The van der Waals surface area contributed by atoms with Crippen LogP contribution >= 0.6 is 0 Å². The summed E-state index contributed by atoms with van der Waals surface area (Å²) in [5.41, 5.74) is 0. The van der Waals surface area contributed by atoms with Crippen molar-refractivity contribution in [3.63, 3.8) is 0 Å². The van der Waals surface area contributed by atoms with Gasteiger partial charge in [-0.3, -0.25) is 9.59 Å². The molecule has 5 heteroatoms. The van der Waals surface area contributed by atoms with Gasteiger partial charge in [-0.2, -0.15) is 0 Å². The number of allylic oxidation sites excluding steroid dienone is 16. The molecule has 0 heterocycles. The number of aliphatic hydroxyl groups excluding tert-OH is 1. The Morgan fingerprint density at radius 3 is 1.27 bits per heavy atom. The Bertz CT molecular complexity index is 1030. The number of hydrogen-bond donors (Lipinski definition) is 1. The van der Waals surface area contributed by atoms with Crippen LogP contribution in [0.25, 0.3) is 0 Å². The van der Waals surface area contributed by atoms with Gasteiger partial charge in [-0.1, -0.05) is 169 Å². The van der Waals surface area contributed by atoms with E-state index in [-0.39, 0.29) is 25.2 Å². The summed E-state index contributed by atoms with van der Waals surface area (Å²) < 4.78 is 10.5. The van der Waals surface area contributed by atoms with Crippen molar-refractivity contribution in [2.24, 2.45) is 0 Å². The fraction of sp³-hybridized carbons (Fsp3) is 0.609. The molecule has 5 nitrogen and oxygen atoms in total. The molecule has 51 heavy (non-hydrogen) atoms. The molecule has 1 atom stereocenters. The first-order valence-electron chi connectivity index (χ1n) is 20.3. The van der Waals surface area contributed by atoms with Crippen LogP contribution in [-0.4, -0.2) is 36.4 Å². The van der Waals surface area contributed by atoms with Gasteiger partial charge in [-0.15, -0.1) is 0 Å². The van der Waals surface area contributed by atoms with Crippen LogP contribution in [0.5, 0.6) is 0 Å². The molecule has 0 aliphatic carbocycles. The van der Waals surface area contributed by atoms with E-state index in [2.05, 4.69) is 111 Å². The molecule has 288 valence electrons. The Morgan fingerprint density at radius 2 is 0.843 bits per heavy atom. The monoisotopic (exact) mass is 707 g/mol. The minimum atomic E-state index is -0.780. The molecular weight excluding hydrogens is 633 g/mol. The van der Waals surface area contributed by atoms with Gasteiger partial charge >= 0.3 is 11.9 Å². The minimum absolute atomic E-state index is 0.0774. The smallest absolute Gasteiger partial charge is 0.306 e. The zero-order valence-electron chi connectivity index (χ0n) is 32.6. The van der Waals surface area contributed by atoms with Crippen molar-refractivity contribution in [3.05, 3.63) is 97.2 Å². The van der Waals surface area contributed by atoms with Gasteiger partial charge in [0.15, 0.2) is 6.10 Å². The van der Waals surface area contributed by atoms with Crippen LogP contribution in [-0.2, 0) is 19.1 Å². The summed E-state index contributed by atoms with van der Waals surface area (Å²) in [6, 6.07) is 0. The predicted octanol–water partition coefficient (Wildman–Crippen LogP) is 12.9. The molecule has 0 aliphatic heterocycles. The molecule has 1 N–H and O–H groups in total. The largest absolute Gasteiger partial charge is 0.462 e. The predicted molar refractivity (Wildman–Crippen MR) is 219 cm³/mol. The van der Waals surface area contributed by atoms with E-state index in [9.17, 15) is 14.7 Å². The summed E-state index contributed by atoms with van der Waals surface area (Å²) >= 11 is 0. The molecule has 1 unspecified atom stereocenters. The lowest BCUT2D eigenvalue weighted by atomic mass is 10.1. The second-order valence-electron chi connectivity index (χ2n) is 13.0. The van der Waals surface area contributed by atoms with Crippen molar-refractivity contribution in [3.8, 4) is 0 Å². The molecule has 0 saturated heterocycles. The summed E-state index contributed by atoms with van der Waals surface area (Å²) in [6.07, 6.45) is 57.9. The van der Waals surface area contributed by atoms with Gasteiger partial charge in [0, 0.05) is 12.8 Å². The quantitative estimate of drug-likeness (QED) is 0.0403. The Morgan fingerprint density at radius 1 is 0.471 bits per heavy atom. The molecule has 0 aromatic carbocycles. The van der Waals surface area contributed by atoms with E-state index >= 15 is 0 Å². The number of unbranched alkanes of at least 4 members (excludes halogenated alkanes) is 11. The van der Waals surface area contributed by atoms with Gasteiger partial charge in [-0.25, -0.2) is 0 Å². The maximum Gasteiger partial charge on any atom is 0.306 e. The maximum absolute atomic E-state index is 12.1. The number of rotatable bonds is 35. The van der Waals surface area contributed by atoms with Crippen LogP contribution in [0.4, 0.5) is 0 Å². The number of hydrogen-bond acceptors (Lipinski definition) is 5. The van der Waals surface area contributed by atoms with E-state index in [0.29, 0.717) is 12.8 Å². The van der Waals surface area contributed by atoms with E-state index in [0.717, 1.165) is 96.3 Å². The van der Waals surface area contributed by atoms with E-state index in [1.807, 2.05) is 0 Å². The van der Waals surface area contributed by atoms with Crippen LogP contribution in [0.1, 0.15) is 162 Å². The van der Waals surface area contributed by atoms with E-state index in [4.69, 9.17) is 9.47 Å². The Labute approximate surface area is 313 Å². The first-order valence-corrected chi connectivity index (χ1v) is 20.3. The summed E-state index contributed by atoms with van der Waals surface area (Å²) in [5.74, 6) is -0.627. The molecule has 0 amide bonds. The van der Waals surface area contributed by atoms with Crippen LogP contribution in [0.15, 0.2) is 97.2 Å². The lowest BCUT2D eigenvalue weighted by molar-refractivity contribution is -0.161. The molecule has 0 fully saturated rings. The molecule has 0 bridgehead atoms. The van der Waals surface area contributed by atoms with Crippen LogP contribution in [0.3, 0.4) is 0 Å². The van der Waals surface area contributed by atoms with Gasteiger partial charge in [0.1, 0.15) is 6.61 Å². The Balaban J connectivity index is 3.63. The second-order valence-corrected chi connectivity index (χ2v) is 13.0. The topological polar surface area (TPSA) is 72.8 Å². The third-order valence-corrected chi connectivity index (χ3v) is 8.14. The standard InChI is InChI=1S/C46H74O5/c1-3-5-7-9-11-12-13-14-15-16-17-18-19-20-21-22-23-24-25-26-27-28-29-30-31-32-33-34-35-37-39-41-46(49)51-44(42-47)43-50-45(48)40-38-36-10-8-6-4-2/h5,7,11-12,14-15,17-18,20-21,23-24,26-27,29-30,44,47H,3-4,6,8-10,13,16,19,22,25,28,31-43H2,1-2H3/b7-5-,12-11-,15-14-,18-17-,21-20-,24-23-,27-26-,30-29-. The molecule has 0 spiro atoms. The highest BCUT2D eigenvalue weighted by atomic mass is 16.6. The van der Waals surface area contributed by atoms with E-state index in [1.165, 1.54) is 38.5 Å². The molecule has 0 aromatic rings. The molecule has 0 saturated carbocycles. The number of carbonyl (C=O) groups is 2. The van der Waals surface area contributed by atoms with E-state index in [1.54, 1.807) is 0 Å². The Hall–Kier alpha value is -3.18. The van der Waals surface area contributed by atoms with Gasteiger partial charge in [0.05, 0.1) is 6.61 Å². The summed E-state index contributed by atoms with van der Waals surface area (Å²) in [4.78, 5) is 24.0. The van der Waals surface area contributed by atoms with Crippen molar-refractivity contribution in [2.75, 3.05) is 13.2 Å². The highest BCUT2D eigenvalue weighted by Gasteiger charge is 2.16. The van der Waals surface area contributed by atoms with Gasteiger partial charge in [0.2, 0.25) is 0 Å². The van der Waals surface area contributed by atoms with Crippen molar-refractivity contribution in [2.45, 2.75) is 168 Å².